The number of methoxy groups -OCH3 is 1. The highest BCUT2D eigenvalue weighted by Crippen LogP contribution is 2.21. The number of hydrogen-bond acceptors (Lipinski definition) is 6. The second-order valence-electron chi connectivity index (χ2n) is 4.23. The van der Waals surface area contributed by atoms with Gasteiger partial charge in [-0.05, 0) is 25.0 Å². The number of nitrogens with two attached hydrogens (primary N) is 1. The largest absolute Gasteiger partial charge is 0.467 e. The summed E-state index contributed by atoms with van der Waals surface area (Å²) in [6.45, 7) is 4.10. The van der Waals surface area contributed by atoms with Crippen molar-refractivity contribution in [1.82, 2.24) is 15.0 Å². The summed E-state index contributed by atoms with van der Waals surface area (Å²) in [5, 5.41) is 3.19. The van der Waals surface area contributed by atoms with Crippen molar-refractivity contribution < 1.29 is 4.74 Å². The number of hydrogen-bond donors (Lipinski definition) is 2. The van der Waals surface area contributed by atoms with Crippen LogP contribution >= 0.6 is 0 Å². The van der Waals surface area contributed by atoms with Gasteiger partial charge in [0.2, 0.25) is 11.9 Å². The van der Waals surface area contributed by atoms with Crippen molar-refractivity contribution >= 4 is 11.9 Å². The van der Waals surface area contributed by atoms with Crippen LogP contribution in [0.15, 0.2) is 24.3 Å². The first-order valence-corrected chi connectivity index (χ1v) is 5.97. The maximum atomic E-state index is 5.60. The van der Waals surface area contributed by atoms with Crippen molar-refractivity contribution in [2.24, 2.45) is 0 Å². The molecule has 0 fully saturated rings. The van der Waals surface area contributed by atoms with E-state index in [-0.39, 0.29) is 18.0 Å². The number of ether oxygens (including phenoxy) is 1. The molecule has 0 aliphatic carbocycles. The Morgan fingerprint density at radius 2 is 1.95 bits per heavy atom. The van der Waals surface area contributed by atoms with Gasteiger partial charge in [-0.25, -0.2) is 0 Å². The lowest BCUT2D eigenvalue weighted by atomic mass is 10.0. The minimum Gasteiger partial charge on any atom is -0.467 e. The minimum absolute atomic E-state index is 0.0627. The molecule has 0 aliphatic rings. The molecule has 0 aliphatic heterocycles. The van der Waals surface area contributed by atoms with E-state index in [4.69, 9.17) is 10.5 Å². The first-order chi connectivity index (χ1) is 9.10. The van der Waals surface area contributed by atoms with Crippen LogP contribution in [0.2, 0.25) is 0 Å². The molecule has 0 saturated carbocycles. The summed E-state index contributed by atoms with van der Waals surface area (Å²) in [7, 11) is 1.49. The first kappa shape index (κ1) is 13.1. The normalized spacial score (nSPS) is 11.9. The molecule has 2 rings (SSSR count). The van der Waals surface area contributed by atoms with E-state index in [1.54, 1.807) is 0 Å². The first-order valence-electron chi connectivity index (χ1n) is 5.97. The number of nitrogens with one attached hydrogen (secondary N) is 1. The number of nitrogen functional groups attached to an aromatic ring is 1. The molecule has 0 spiro atoms. The van der Waals surface area contributed by atoms with Gasteiger partial charge in [0.05, 0.1) is 13.2 Å². The molecule has 0 radical (unpaired) electrons. The van der Waals surface area contributed by atoms with Gasteiger partial charge in [-0.3, -0.25) is 0 Å². The maximum Gasteiger partial charge on any atom is 0.322 e. The molecular formula is C13H17N5O. The smallest absolute Gasteiger partial charge is 0.322 e. The van der Waals surface area contributed by atoms with Crippen LogP contribution in [0.4, 0.5) is 11.9 Å². The third-order valence-corrected chi connectivity index (χ3v) is 2.82. The van der Waals surface area contributed by atoms with E-state index in [0.717, 1.165) is 0 Å². The Labute approximate surface area is 112 Å². The van der Waals surface area contributed by atoms with E-state index in [2.05, 4.69) is 39.3 Å². The van der Waals surface area contributed by atoms with Crippen LogP contribution in [0, 0.1) is 6.92 Å². The molecule has 3 N–H and O–H groups in total. The average Bonchev–Trinajstić information content (AvgIpc) is 2.38. The fourth-order valence-corrected chi connectivity index (χ4v) is 1.87. The second-order valence-corrected chi connectivity index (χ2v) is 4.23. The van der Waals surface area contributed by atoms with Crippen molar-refractivity contribution in [3.63, 3.8) is 0 Å². The van der Waals surface area contributed by atoms with E-state index in [9.17, 15) is 0 Å². The Hall–Kier alpha value is -2.37. The van der Waals surface area contributed by atoms with Crippen LogP contribution in [0.25, 0.3) is 0 Å². The summed E-state index contributed by atoms with van der Waals surface area (Å²) in [5.41, 5.74) is 7.98. The number of aryl methyl sites for hydroxylation is 1. The molecule has 0 saturated heterocycles. The maximum absolute atomic E-state index is 5.60. The van der Waals surface area contributed by atoms with E-state index in [1.165, 1.54) is 18.2 Å². The predicted molar refractivity (Wildman–Crippen MR) is 74.0 cm³/mol. The summed E-state index contributed by atoms with van der Waals surface area (Å²) in [6, 6.07) is 8.41. The van der Waals surface area contributed by atoms with Crippen LogP contribution in [0.1, 0.15) is 24.1 Å². The Kier molecular flexibility index (Phi) is 3.79. The number of aromatic nitrogens is 3. The van der Waals surface area contributed by atoms with Crippen molar-refractivity contribution in [3.8, 4) is 6.01 Å². The summed E-state index contributed by atoms with van der Waals surface area (Å²) >= 11 is 0. The molecule has 1 heterocycles. The molecule has 1 atom stereocenters. The number of nitrogens with zero attached hydrogens (tertiary/aromatic N) is 3. The van der Waals surface area contributed by atoms with Crippen LogP contribution in [0.5, 0.6) is 6.01 Å². The Morgan fingerprint density at radius 3 is 2.63 bits per heavy atom. The van der Waals surface area contributed by atoms with E-state index in [0.29, 0.717) is 5.95 Å². The topological polar surface area (TPSA) is 86.0 Å². The third kappa shape index (κ3) is 3.09. The molecule has 1 aromatic carbocycles. The quantitative estimate of drug-likeness (QED) is 0.872. The predicted octanol–water partition coefficient (Wildman–Crippen LogP) is 1.94. The lowest BCUT2D eigenvalue weighted by molar-refractivity contribution is 0.379. The van der Waals surface area contributed by atoms with Crippen LogP contribution in [-0.2, 0) is 0 Å². The molecule has 100 valence electrons. The van der Waals surface area contributed by atoms with Gasteiger partial charge in [-0.15, -0.1) is 0 Å². The zero-order valence-electron chi connectivity index (χ0n) is 11.2. The Morgan fingerprint density at radius 1 is 1.21 bits per heavy atom. The Balaban J connectivity index is 2.21. The van der Waals surface area contributed by atoms with E-state index < -0.39 is 0 Å². The standard InChI is InChI=1S/C13H17N5O/c1-8-6-4-5-7-10(8)9(2)15-12-16-11(14)17-13(18-12)19-3/h4-7,9H,1-3H3,(H3,14,15,16,17,18). The molecule has 6 heteroatoms. The molecular weight excluding hydrogens is 242 g/mol. The number of rotatable bonds is 4. The monoisotopic (exact) mass is 259 g/mol. The van der Waals surface area contributed by atoms with Crippen LogP contribution < -0.4 is 15.8 Å². The number of anilines is 2. The highest BCUT2D eigenvalue weighted by molar-refractivity contribution is 5.38. The van der Waals surface area contributed by atoms with Gasteiger partial charge in [0, 0.05) is 0 Å². The molecule has 2 aromatic rings. The van der Waals surface area contributed by atoms with Gasteiger partial charge in [-0.2, -0.15) is 15.0 Å². The van der Waals surface area contributed by atoms with E-state index in [1.807, 2.05) is 19.1 Å². The minimum atomic E-state index is 0.0627. The average molecular weight is 259 g/mol. The third-order valence-electron chi connectivity index (χ3n) is 2.82. The van der Waals surface area contributed by atoms with Gasteiger partial charge >= 0.3 is 6.01 Å². The van der Waals surface area contributed by atoms with Crippen molar-refractivity contribution in [2.75, 3.05) is 18.2 Å². The zero-order chi connectivity index (χ0) is 13.8. The van der Waals surface area contributed by atoms with Crippen molar-refractivity contribution in [2.45, 2.75) is 19.9 Å². The fraction of sp³-hybridized carbons (Fsp3) is 0.308. The lowest BCUT2D eigenvalue weighted by Crippen LogP contribution is -2.12. The second kappa shape index (κ2) is 5.51. The SMILES string of the molecule is COc1nc(N)nc(NC(C)c2ccccc2C)n1. The summed E-state index contributed by atoms with van der Waals surface area (Å²) in [6.07, 6.45) is 0. The number of benzene rings is 1. The molecule has 1 unspecified atom stereocenters. The van der Waals surface area contributed by atoms with Gasteiger partial charge < -0.3 is 15.8 Å². The molecule has 1 aromatic heterocycles. The van der Waals surface area contributed by atoms with Gasteiger partial charge in [0.25, 0.3) is 0 Å². The molecule has 0 bridgehead atoms. The summed E-state index contributed by atoms with van der Waals surface area (Å²) in [4.78, 5) is 12.0. The highest BCUT2D eigenvalue weighted by Gasteiger charge is 2.11. The summed E-state index contributed by atoms with van der Waals surface area (Å²) in [5.74, 6) is 0.534. The lowest BCUT2D eigenvalue weighted by Gasteiger charge is -2.16. The van der Waals surface area contributed by atoms with Crippen LogP contribution in [0.3, 0.4) is 0 Å². The van der Waals surface area contributed by atoms with Crippen molar-refractivity contribution in [1.29, 1.82) is 0 Å². The van der Waals surface area contributed by atoms with E-state index >= 15 is 0 Å². The van der Waals surface area contributed by atoms with Gasteiger partial charge in [0.1, 0.15) is 0 Å². The fourth-order valence-electron chi connectivity index (χ4n) is 1.87. The molecule has 19 heavy (non-hydrogen) atoms. The van der Waals surface area contributed by atoms with Crippen LogP contribution in [-0.4, -0.2) is 22.1 Å². The van der Waals surface area contributed by atoms with Gasteiger partial charge in [0.15, 0.2) is 0 Å². The zero-order valence-corrected chi connectivity index (χ0v) is 11.2. The molecule has 6 nitrogen and oxygen atoms in total. The molecule has 0 amide bonds. The van der Waals surface area contributed by atoms with Gasteiger partial charge in [-0.1, -0.05) is 24.3 Å². The Bertz CT molecular complexity index is 573. The summed E-state index contributed by atoms with van der Waals surface area (Å²) < 4.78 is 4.96. The van der Waals surface area contributed by atoms with Crippen molar-refractivity contribution in [3.05, 3.63) is 35.4 Å². The highest BCUT2D eigenvalue weighted by atomic mass is 16.5.